The van der Waals surface area contributed by atoms with E-state index in [9.17, 15) is 0 Å². The maximum Gasteiger partial charge on any atom is 0.233 e. The molecule has 2 saturated heterocycles. The van der Waals surface area contributed by atoms with Gasteiger partial charge in [-0.15, -0.1) is 0 Å². The van der Waals surface area contributed by atoms with E-state index in [0.717, 1.165) is 32.1 Å². The van der Waals surface area contributed by atoms with Gasteiger partial charge in [-0.25, -0.2) is 10.4 Å². The monoisotopic (exact) mass is 277 g/mol. The van der Waals surface area contributed by atoms with E-state index in [0.29, 0.717) is 6.17 Å². The van der Waals surface area contributed by atoms with Crippen molar-refractivity contribution in [2.75, 3.05) is 39.3 Å². The number of nitrogens with one attached hydrogen (secondary N) is 2. The molecule has 2 fully saturated rings. The highest BCUT2D eigenvalue weighted by molar-refractivity contribution is 5.81. The smallest absolute Gasteiger partial charge is 0.233 e. The molecule has 0 aromatic rings. The zero-order valence-corrected chi connectivity index (χ0v) is 11.8. The van der Waals surface area contributed by atoms with Crippen LogP contribution in [0.2, 0.25) is 0 Å². The van der Waals surface area contributed by atoms with Crippen LogP contribution < -0.4 is 10.9 Å². The number of hydrogen-bond acceptors (Lipinski definition) is 7. The molecular weight excluding hydrogens is 254 g/mol. The Hall–Kier alpha value is -1.31. The van der Waals surface area contributed by atoms with E-state index in [-0.39, 0.29) is 0 Å². The van der Waals surface area contributed by atoms with Gasteiger partial charge in [0.1, 0.15) is 6.17 Å². The van der Waals surface area contributed by atoms with Crippen LogP contribution in [0.4, 0.5) is 0 Å². The van der Waals surface area contributed by atoms with Gasteiger partial charge in [0.15, 0.2) is 0 Å². The summed E-state index contributed by atoms with van der Waals surface area (Å²) in [5, 5.41) is 6.65. The van der Waals surface area contributed by atoms with E-state index in [1.165, 1.54) is 32.4 Å². The van der Waals surface area contributed by atoms with Gasteiger partial charge in [-0.05, 0) is 25.3 Å². The van der Waals surface area contributed by atoms with E-state index in [1.54, 1.807) is 0 Å². The first-order chi connectivity index (χ1) is 9.92. The van der Waals surface area contributed by atoms with Crippen molar-refractivity contribution in [2.45, 2.75) is 25.4 Å². The van der Waals surface area contributed by atoms with Gasteiger partial charge in [0, 0.05) is 32.4 Å². The molecule has 1 atom stereocenters. The molecule has 110 valence electrons. The minimum Gasteiger partial charge on any atom is -0.303 e. The molecule has 2 N–H and O–H groups in total. The van der Waals surface area contributed by atoms with Crippen molar-refractivity contribution in [3.63, 3.8) is 0 Å². The highest BCUT2D eigenvalue weighted by Crippen LogP contribution is 2.22. The van der Waals surface area contributed by atoms with Gasteiger partial charge in [-0.2, -0.15) is 5.12 Å². The van der Waals surface area contributed by atoms with Crippen LogP contribution in [0.15, 0.2) is 17.3 Å². The van der Waals surface area contributed by atoms with Crippen molar-refractivity contribution in [1.29, 1.82) is 0 Å². The third kappa shape index (κ3) is 2.15. The SMILES string of the molecule is C1=CNN(C2=NC(N3CCCC3)CN2N2CCCN2)C1. The van der Waals surface area contributed by atoms with Crippen molar-refractivity contribution in [2.24, 2.45) is 4.99 Å². The number of guanidine groups is 1. The summed E-state index contributed by atoms with van der Waals surface area (Å²) in [6.07, 6.45) is 8.24. The average molecular weight is 277 g/mol. The molecule has 0 bridgehead atoms. The Bertz CT molecular complexity index is 401. The highest BCUT2D eigenvalue weighted by atomic mass is 15.9. The topological polar surface area (TPSA) is 49.4 Å². The molecular formula is C13H23N7. The Morgan fingerprint density at radius 3 is 2.75 bits per heavy atom. The maximum atomic E-state index is 4.99. The Labute approximate surface area is 119 Å². The van der Waals surface area contributed by atoms with Crippen LogP contribution in [0.3, 0.4) is 0 Å². The summed E-state index contributed by atoms with van der Waals surface area (Å²) >= 11 is 0. The number of rotatable bonds is 2. The number of hydrazine groups is 3. The first-order valence-electron chi connectivity index (χ1n) is 7.71. The molecule has 0 aromatic carbocycles. The average Bonchev–Trinajstić information content (AvgIpc) is 3.22. The largest absolute Gasteiger partial charge is 0.303 e. The van der Waals surface area contributed by atoms with Gasteiger partial charge in [-0.3, -0.25) is 14.9 Å². The van der Waals surface area contributed by atoms with Crippen LogP contribution in [0.25, 0.3) is 0 Å². The predicted octanol–water partition coefficient (Wildman–Crippen LogP) is -0.461. The van der Waals surface area contributed by atoms with Gasteiger partial charge < -0.3 is 5.43 Å². The number of likely N-dealkylation sites (tertiary alicyclic amines) is 1. The summed E-state index contributed by atoms with van der Waals surface area (Å²) < 4.78 is 0. The van der Waals surface area contributed by atoms with Crippen LogP contribution in [0, 0.1) is 0 Å². The quantitative estimate of drug-likeness (QED) is 0.712. The fourth-order valence-corrected chi connectivity index (χ4v) is 3.34. The number of aliphatic imine (C=N–C) groups is 1. The minimum atomic E-state index is 0.303. The first kappa shape index (κ1) is 12.4. The van der Waals surface area contributed by atoms with Crippen molar-refractivity contribution >= 4 is 5.96 Å². The van der Waals surface area contributed by atoms with Crippen LogP contribution in [0.5, 0.6) is 0 Å². The molecule has 1 unspecified atom stereocenters. The molecule has 4 aliphatic heterocycles. The van der Waals surface area contributed by atoms with E-state index in [2.05, 4.69) is 37.0 Å². The van der Waals surface area contributed by atoms with Gasteiger partial charge in [-0.1, -0.05) is 0 Å². The summed E-state index contributed by atoms with van der Waals surface area (Å²) in [4.78, 5) is 7.50. The summed E-state index contributed by atoms with van der Waals surface area (Å²) in [7, 11) is 0. The molecule has 0 radical (unpaired) electrons. The van der Waals surface area contributed by atoms with Crippen molar-refractivity contribution in [1.82, 2.24) is 30.9 Å². The molecule has 4 aliphatic rings. The van der Waals surface area contributed by atoms with E-state index in [4.69, 9.17) is 4.99 Å². The molecule has 0 aliphatic carbocycles. The molecule has 0 saturated carbocycles. The zero-order valence-electron chi connectivity index (χ0n) is 11.8. The second-order valence-corrected chi connectivity index (χ2v) is 5.76. The fourth-order valence-electron chi connectivity index (χ4n) is 3.34. The molecule has 0 aromatic heterocycles. The Morgan fingerprint density at radius 2 is 2.05 bits per heavy atom. The molecule has 7 heteroatoms. The second kappa shape index (κ2) is 5.23. The lowest BCUT2D eigenvalue weighted by molar-refractivity contribution is 0.00715. The Morgan fingerprint density at radius 1 is 1.15 bits per heavy atom. The van der Waals surface area contributed by atoms with Crippen LogP contribution in [-0.2, 0) is 0 Å². The third-order valence-electron chi connectivity index (χ3n) is 4.40. The van der Waals surface area contributed by atoms with E-state index in [1.807, 2.05) is 6.20 Å². The van der Waals surface area contributed by atoms with Crippen molar-refractivity contribution < 1.29 is 0 Å². The molecule has 7 nitrogen and oxygen atoms in total. The van der Waals surface area contributed by atoms with Gasteiger partial charge in [0.05, 0.1) is 13.1 Å². The molecule has 0 amide bonds. The normalized spacial score (nSPS) is 31.4. The fraction of sp³-hybridized carbons (Fsp3) is 0.769. The van der Waals surface area contributed by atoms with Crippen molar-refractivity contribution in [3.8, 4) is 0 Å². The van der Waals surface area contributed by atoms with Crippen LogP contribution >= 0.6 is 0 Å². The minimum absolute atomic E-state index is 0.303. The number of hydrogen-bond donors (Lipinski definition) is 2. The third-order valence-corrected chi connectivity index (χ3v) is 4.40. The van der Waals surface area contributed by atoms with Gasteiger partial charge in [0.2, 0.25) is 5.96 Å². The molecule has 20 heavy (non-hydrogen) atoms. The lowest BCUT2D eigenvalue weighted by Crippen LogP contribution is -2.55. The molecule has 0 spiro atoms. The summed E-state index contributed by atoms with van der Waals surface area (Å²) in [6, 6.07) is 0. The van der Waals surface area contributed by atoms with E-state index >= 15 is 0 Å². The Balaban J connectivity index is 1.53. The summed E-state index contributed by atoms with van der Waals surface area (Å²) in [5.41, 5.74) is 6.72. The predicted molar refractivity (Wildman–Crippen MR) is 77.0 cm³/mol. The van der Waals surface area contributed by atoms with Crippen molar-refractivity contribution in [3.05, 3.63) is 12.3 Å². The first-order valence-corrected chi connectivity index (χ1v) is 7.71. The number of nitrogens with zero attached hydrogens (tertiary/aromatic N) is 5. The van der Waals surface area contributed by atoms with Crippen LogP contribution in [0.1, 0.15) is 19.3 Å². The lowest BCUT2D eigenvalue weighted by Gasteiger charge is -2.34. The zero-order chi connectivity index (χ0) is 13.4. The lowest BCUT2D eigenvalue weighted by atomic mass is 10.4. The van der Waals surface area contributed by atoms with Crippen LogP contribution in [-0.4, -0.2) is 71.4 Å². The summed E-state index contributed by atoms with van der Waals surface area (Å²) in [5.74, 6) is 1.04. The highest BCUT2D eigenvalue weighted by Gasteiger charge is 2.37. The summed E-state index contributed by atoms with van der Waals surface area (Å²) in [6.45, 7) is 6.34. The molecule has 4 heterocycles. The maximum absolute atomic E-state index is 4.99. The van der Waals surface area contributed by atoms with Gasteiger partial charge in [0.25, 0.3) is 0 Å². The molecule has 4 rings (SSSR count). The standard InChI is InChI=1S/C13H23N7/c1-2-8-17(7-1)12-11-19(20-10-4-6-15-20)13(16-12)18-9-3-5-14-18/h3,5,12,14-15H,1-2,4,6-11H2. The second-order valence-electron chi connectivity index (χ2n) is 5.76. The van der Waals surface area contributed by atoms with E-state index < -0.39 is 0 Å². The van der Waals surface area contributed by atoms with Gasteiger partial charge >= 0.3 is 0 Å². The Kier molecular flexibility index (Phi) is 3.25.